The van der Waals surface area contributed by atoms with Crippen molar-refractivity contribution in [2.24, 2.45) is 5.11 Å². The van der Waals surface area contributed by atoms with Gasteiger partial charge in [0.15, 0.2) is 11.5 Å². The summed E-state index contributed by atoms with van der Waals surface area (Å²) < 4.78 is 0. The quantitative estimate of drug-likeness (QED) is 0.321. The monoisotopic (exact) mass is 201 g/mol. The van der Waals surface area contributed by atoms with Crippen molar-refractivity contribution >= 4 is 16.5 Å². The molecular weight excluding hydrogens is 194 g/mol. The Morgan fingerprint density at radius 1 is 1.13 bits per heavy atom. The molecule has 0 saturated heterocycles. The molecule has 0 saturated carbocycles. The molecule has 0 fully saturated rings. The van der Waals surface area contributed by atoms with E-state index in [9.17, 15) is 10.2 Å². The second kappa shape index (κ2) is 3.40. The number of phenols is 2. The molecule has 0 radical (unpaired) electrons. The van der Waals surface area contributed by atoms with Crippen LogP contribution in [-0.2, 0) is 0 Å². The minimum Gasteiger partial charge on any atom is -0.504 e. The van der Waals surface area contributed by atoms with Crippen LogP contribution in [-0.4, -0.2) is 10.2 Å². The number of nitrogens with zero attached hydrogens (tertiary/aromatic N) is 3. The zero-order chi connectivity index (χ0) is 10.8. The van der Waals surface area contributed by atoms with Gasteiger partial charge in [0.05, 0.1) is 0 Å². The molecule has 0 spiro atoms. The van der Waals surface area contributed by atoms with Gasteiger partial charge >= 0.3 is 0 Å². The van der Waals surface area contributed by atoms with E-state index in [1.807, 2.05) is 0 Å². The molecule has 0 bridgehead atoms. The van der Waals surface area contributed by atoms with Gasteiger partial charge in [0, 0.05) is 16.0 Å². The first-order valence-corrected chi connectivity index (χ1v) is 4.23. The molecular formula is C10H7N3O2. The molecule has 0 heterocycles. The first-order valence-electron chi connectivity index (χ1n) is 4.23. The molecule has 74 valence electrons. The highest BCUT2D eigenvalue weighted by atomic mass is 16.3. The molecule has 5 heteroatoms. The van der Waals surface area contributed by atoms with Crippen LogP contribution in [0.2, 0.25) is 0 Å². The lowest BCUT2D eigenvalue weighted by atomic mass is 10.1. The summed E-state index contributed by atoms with van der Waals surface area (Å²) in [6.45, 7) is 0. The summed E-state index contributed by atoms with van der Waals surface area (Å²) in [6, 6.07) is 8.06. The number of hydrogen-bond acceptors (Lipinski definition) is 3. The van der Waals surface area contributed by atoms with Gasteiger partial charge < -0.3 is 10.2 Å². The van der Waals surface area contributed by atoms with Crippen molar-refractivity contribution in [3.8, 4) is 11.5 Å². The average Bonchev–Trinajstić information content (AvgIpc) is 2.26. The summed E-state index contributed by atoms with van der Waals surface area (Å²) in [4.78, 5) is 2.66. The van der Waals surface area contributed by atoms with Crippen LogP contribution in [0.4, 0.5) is 5.69 Å². The van der Waals surface area contributed by atoms with E-state index in [1.165, 1.54) is 6.07 Å². The molecule has 5 nitrogen and oxygen atoms in total. The second-order valence-electron chi connectivity index (χ2n) is 3.00. The van der Waals surface area contributed by atoms with Gasteiger partial charge in [-0.25, -0.2) is 0 Å². The van der Waals surface area contributed by atoms with Gasteiger partial charge in [0.2, 0.25) is 0 Å². The van der Waals surface area contributed by atoms with Crippen LogP contribution in [0.25, 0.3) is 21.2 Å². The normalized spacial score (nSPS) is 9.87. The number of hydrogen-bond donors (Lipinski definition) is 2. The van der Waals surface area contributed by atoms with E-state index < -0.39 is 0 Å². The van der Waals surface area contributed by atoms with Crippen LogP contribution in [0.15, 0.2) is 35.4 Å². The summed E-state index contributed by atoms with van der Waals surface area (Å²) in [5, 5.41) is 23.5. The van der Waals surface area contributed by atoms with E-state index in [-0.39, 0.29) is 11.5 Å². The Balaban J connectivity index is 2.94. The van der Waals surface area contributed by atoms with Gasteiger partial charge in [-0.2, -0.15) is 0 Å². The Labute approximate surface area is 84.8 Å². The third-order valence-electron chi connectivity index (χ3n) is 2.13. The highest BCUT2D eigenvalue weighted by Gasteiger charge is 2.08. The predicted octanol–water partition coefficient (Wildman–Crippen LogP) is 3.19. The molecule has 0 aliphatic heterocycles. The topological polar surface area (TPSA) is 89.2 Å². The van der Waals surface area contributed by atoms with Crippen molar-refractivity contribution in [2.45, 2.75) is 0 Å². The van der Waals surface area contributed by atoms with Crippen LogP contribution in [0.5, 0.6) is 11.5 Å². The maximum atomic E-state index is 9.57. The molecule has 2 rings (SSSR count). The first-order chi connectivity index (χ1) is 7.24. The lowest BCUT2D eigenvalue weighted by molar-refractivity contribution is 0.408. The van der Waals surface area contributed by atoms with E-state index in [1.54, 1.807) is 24.3 Å². The average molecular weight is 201 g/mol. The maximum Gasteiger partial charge on any atom is 0.165 e. The Kier molecular flexibility index (Phi) is 2.08. The zero-order valence-electron chi connectivity index (χ0n) is 7.62. The standard InChI is InChI=1S/C10H7N3O2/c11-13-12-8-5-9(14)10(15)7-4-2-1-3-6(7)8/h1-5,14-15H. The van der Waals surface area contributed by atoms with Gasteiger partial charge in [-0.15, -0.1) is 0 Å². The second-order valence-corrected chi connectivity index (χ2v) is 3.00. The van der Waals surface area contributed by atoms with Crippen LogP contribution in [0, 0.1) is 0 Å². The summed E-state index contributed by atoms with van der Waals surface area (Å²) in [5.74, 6) is -0.501. The fourth-order valence-electron chi connectivity index (χ4n) is 1.46. The van der Waals surface area contributed by atoms with Crippen molar-refractivity contribution in [3.05, 3.63) is 40.8 Å². The summed E-state index contributed by atoms with van der Waals surface area (Å²) >= 11 is 0. The van der Waals surface area contributed by atoms with Gasteiger partial charge in [-0.05, 0) is 17.0 Å². The van der Waals surface area contributed by atoms with E-state index >= 15 is 0 Å². The lowest BCUT2D eigenvalue weighted by Crippen LogP contribution is -1.76. The summed E-state index contributed by atoms with van der Waals surface area (Å²) in [5.41, 5.74) is 8.65. The van der Waals surface area contributed by atoms with E-state index in [0.29, 0.717) is 16.5 Å². The molecule has 0 aromatic heterocycles. The molecule has 0 unspecified atom stereocenters. The predicted molar refractivity (Wildman–Crippen MR) is 56.1 cm³/mol. The van der Waals surface area contributed by atoms with Gasteiger partial charge in [-0.3, -0.25) is 0 Å². The van der Waals surface area contributed by atoms with Gasteiger partial charge in [0.25, 0.3) is 0 Å². The zero-order valence-corrected chi connectivity index (χ0v) is 7.62. The SMILES string of the molecule is [N-]=[N+]=Nc1cc(O)c(O)c2ccccc12. The molecule has 0 atom stereocenters. The third kappa shape index (κ3) is 1.41. The van der Waals surface area contributed by atoms with Crippen molar-refractivity contribution in [1.29, 1.82) is 0 Å². The van der Waals surface area contributed by atoms with E-state index in [4.69, 9.17) is 5.53 Å². The summed E-state index contributed by atoms with van der Waals surface area (Å²) in [6.07, 6.45) is 0. The largest absolute Gasteiger partial charge is 0.504 e. The fraction of sp³-hybridized carbons (Fsp3) is 0. The molecule has 0 amide bonds. The number of azide groups is 1. The Morgan fingerprint density at radius 3 is 2.47 bits per heavy atom. The highest BCUT2D eigenvalue weighted by Crippen LogP contribution is 2.39. The van der Waals surface area contributed by atoms with Crippen molar-refractivity contribution in [3.63, 3.8) is 0 Å². The van der Waals surface area contributed by atoms with Crippen molar-refractivity contribution in [2.75, 3.05) is 0 Å². The van der Waals surface area contributed by atoms with Crippen molar-refractivity contribution < 1.29 is 10.2 Å². The lowest BCUT2D eigenvalue weighted by Gasteiger charge is -2.05. The van der Waals surface area contributed by atoms with Gasteiger partial charge in [-0.1, -0.05) is 29.4 Å². The molecule has 2 aromatic carbocycles. The third-order valence-corrected chi connectivity index (χ3v) is 2.13. The number of phenolic OH excluding ortho intramolecular Hbond substituents is 2. The van der Waals surface area contributed by atoms with Crippen LogP contribution in [0.1, 0.15) is 0 Å². The van der Waals surface area contributed by atoms with Crippen LogP contribution < -0.4 is 0 Å². The molecule has 0 aliphatic carbocycles. The molecule has 2 aromatic rings. The minimum absolute atomic E-state index is 0.206. The minimum atomic E-state index is -0.295. The van der Waals surface area contributed by atoms with Crippen LogP contribution >= 0.6 is 0 Å². The Bertz CT molecular complexity index is 574. The highest BCUT2D eigenvalue weighted by molar-refractivity contribution is 5.98. The smallest absolute Gasteiger partial charge is 0.165 e. The molecule has 2 N–H and O–H groups in total. The Morgan fingerprint density at radius 2 is 1.80 bits per heavy atom. The molecule has 15 heavy (non-hydrogen) atoms. The Hall–Kier alpha value is -2.39. The number of aromatic hydroxyl groups is 2. The number of benzene rings is 2. The fourth-order valence-corrected chi connectivity index (χ4v) is 1.46. The summed E-state index contributed by atoms with van der Waals surface area (Å²) in [7, 11) is 0. The van der Waals surface area contributed by atoms with Crippen molar-refractivity contribution in [1.82, 2.24) is 0 Å². The molecule has 0 aliphatic rings. The maximum absolute atomic E-state index is 9.57. The number of rotatable bonds is 1. The van der Waals surface area contributed by atoms with E-state index in [2.05, 4.69) is 10.0 Å². The first kappa shape index (κ1) is 9.18. The van der Waals surface area contributed by atoms with Crippen LogP contribution in [0.3, 0.4) is 0 Å². The number of fused-ring (bicyclic) bond motifs is 1. The van der Waals surface area contributed by atoms with E-state index in [0.717, 1.165) is 0 Å². The van der Waals surface area contributed by atoms with Gasteiger partial charge in [0.1, 0.15) is 0 Å².